The summed E-state index contributed by atoms with van der Waals surface area (Å²) in [4.78, 5) is 23.8. The van der Waals surface area contributed by atoms with E-state index in [1.807, 2.05) is 24.3 Å². The Morgan fingerprint density at radius 1 is 0.545 bits per heavy atom. The summed E-state index contributed by atoms with van der Waals surface area (Å²) in [6.45, 7) is 4.37. The highest BCUT2D eigenvalue weighted by molar-refractivity contribution is 5.90. The van der Waals surface area contributed by atoms with E-state index in [9.17, 15) is 9.59 Å². The number of rotatable bonds is 12. The largest absolute Gasteiger partial charge is 0.465 e. The Balaban J connectivity index is 1.46. The molecule has 2 heterocycles. The first-order valence-corrected chi connectivity index (χ1v) is 15.2. The topological polar surface area (TPSA) is 78.9 Å². The van der Waals surface area contributed by atoms with Crippen LogP contribution in [0, 0.1) is 0 Å². The predicted octanol–water partition coefficient (Wildman–Crippen LogP) is 9.80. The van der Waals surface area contributed by atoms with E-state index in [2.05, 4.69) is 50.2 Å². The van der Waals surface area contributed by atoms with Gasteiger partial charge in [0.2, 0.25) is 0 Å². The zero-order valence-corrected chi connectivity index (χ0v) is 25.8. The van der Waals surface area contributed by atoms with E-state index in [-0.39, 0.29) is 11.9 Å². The van der Waals surface area contributed by atoms with Gasteiger partial charge in [-0.05, 0) is 73.2 Å². The number of esters is 2. The maximum atomic E-state index is 11.9. The molecule has 0 saturated carbocycles. The summed E-state index contributed by atoms with van der Waals surface area (Å²) >= 11 is 0. The highest BCUT2D eigenvalue weighted by atomic mass is 16.5. The van der Waals surface area contributed by atoms with Gasteiger partial charge in [0, 0.05) is 22.3 Å². The quantitative estimate of drug-likeness (QED) is 0.135. The first-order valence-electron chi connectivity index (χ1n) is 15.2. The maximum absolute atomic E-state index is 11.9. The average Bonchev–Trinajstić information content (AvgIpc) is 3.71. The van der Waals surface area contributed by atoms with Crippen LogP contribution in [0.1, 0.15) is 71.4 Å². The molecule has 5 aromatic rings. The smallest absolute Gasteiger partial charge is 0.337 e. The van der Waals surface area contributed by atoms with E-state index in [0.29, 0.717) is 11.1 Å². The van der Waals surface area contributed by atoms with Crippen molar-refractivity contribution in [1.82, 2.24) is 0 Å². The maximum Gasteiger partial charge on any atom is 0.337 e. The van der Waals surface area contributed by atoms with Crippen LogP contribution < -0.4 is 0 Å². The van der Waals surface area contributed by atoms with Gasteiger partial charge in [-0.15, -0.1) is 0 Å². The Morgan fingerprint density at radius 3 is 1.20 bits per heavy atom. The number of carbonyl (C=O) groups is 2. The van der Waals surface area contributed by atoms with Crippen LogP contribution in [-0.4, -0.2) is 26.2 Å². The van der Waals surface area contributed by atoms with Gasteiger partial charge in [0.25, 0.3) is 0 Å². The zero-order chi connectivity index (χ0) is 31.1. The molecule has 0 fully saturated rings. The van der Waals surface area contributed by atoms with E-state index in [1.165, 1.54) is 14.2 Å². The van der Waals surface area contributed by atoms with E-state index in [1.54, 1.807) is 24.3 Å². The normalized spacial score (nSPS) is 11.0. The van der Waals surface area contributed by atoms with Crippen molar-refractivity contribution in [3.63, 3.8) is 0 Å². The molecular formula is C38H38O6. The predicted molar refractivity (Wildman–Crippen MR) is 173 cm³/mol. The van der Waals surface area contributed by atoms with Gasteiger partial charge in [0.1, 0.15) is 23.0 Å². The zero-order valence-electron chi connectivity index (χ0n) is 25.8. The fourth-order valence-corrected chi connectivity index (χ4v) is 5.29. The molecule has 6 nitrogen and oxygen atoms in total. The molecule has 0 radical (unpaired) electrons. The molecule has 0 aliphatic rings. The van der Waals surface area contributed by atoms with Crippen molar-refractivity contribution in [2.75, 3.05) is 14.2 Å². The first kappa shape index (κ1) is 30.6. The Hall–Kier alpha value is -4.84. The molecule has 0 bridgehead atoms. The first-order chi connectivity index (χ1) is 21.4. The summed E-state index contributed by atoms with van der Waals surface area (Å²) in [5.74, 6) is 2.52. The third-order valence-corrected chi connectivity index (χ3v) is 7.81. The van der Waals surface area contributed by atoms with Gasteiger partial charge in [-0.1, -0.05) is 75.2 Å². The van der Waals surface area contributed by atoms with Gasteiger partial charge in [0.05, 0.1) is 25.3 Å². The van der Waals surface area contributed by atoms with Crippen LogP contribution >= 0.6 is 0 Å². The van der Waals surface area contributed by atoms with Crippen molar-refractivity contribution >= 4 is 11.9 Å². The number of ether oxygens (including phenoxy) is 2. The molecular weight excluding hydrogens is 552 g/mol. The van der Waals surface area contributed by atoms with E-state index in [0.717, 1.165) is 94.9 Å². The molecule has 5 rings (SSSR count). The van der Waals surface area contributed by atoms with Gasteiger partial charge < -0.3 is 18.3 Å². The molecule has 0 N–H and O–H groups in total. The molecule has 44 heavy (non-hydrogen) atoms. The van der Waals surface area contributed by atoms with Gasteiger partial charge in [-0.3, -0.25) is 0 Å². The molecule has 0 atom stereocenters. The molecule has 0 aliphatic carbocycles. The molecule has 0 saturated heterocycles. The van der Waals surface area contributed by atoms with E-state index >= 15 is 0 Å². The lowest BCUT2D eigenvalue weighted by Gasteiger charge is -2.06. The summed E-state index contributed by atoms with van der Waals surface area (Å²) in [7, 11) is 2.76. The third kappa shape index (κ3) is 6.70. The summed E-state index contributed by atoms with van der Waals surface area (Å²) in [5, 5.41) is 0. The van der Waals surface area contributed by atoms with Crippen LogP contribution in [0.3, 0.4) is 0 Å². The van der Waals surface area contributed by atoms with Crippen LogP contribution in [0.4, 0.5) is 0 Å². The van der Waals surface area contributed by atoms with Crippen LogP contribution in [0.25, 0.3) is 45.3 Å². The summed E-state index contributed by atoms with van der Waals surface area (Å²) in [6, 6.07) is 27.1. The minimum atomic E-state index is -0.363. The number of carbonyl (C=O) groups excluding carboxylic acids is 2. The molecule has 3 aromatic carbocycles. The van der Waals surface area contributed by atoms with Gasteiger partial charge >= 0.3 is 11.9 Å². The second-order valence-electron chi connectivity index (χ2n) is 10.9. The second kappa shape index (κ2) is 14.1. The van der Waals surface area contributed by atoms with Crippen LogP contribution in [0.2, 0.25) is 0 Å². The van der Waals surface area contributed by atoms with Crippen LogP contribution in [0.15, 0.2) is 93.8 Å². The summed E-state index contributed by atoms with van der Waals surface area (Å²) in [6.07, 6.45) is 6.10. The van der Waals surface area contributed by atoms with Crippen molar-refractivity contribution in [2.45, 2.75) is 52.4 Å². The lowest BCUT2D eigenvalue weighted by molar-refractivity contribution is 0.0592. The van der Waals surface area contributed by atoms with Gasteiger partial charge in [-0.25, -0.2) is 9.59 Å². The minimum Gasteiger partial charge on any atom is -0.465 e. The van der Waals surface area contributed by atoms with Gasteiger partial charge in [-0.2, -0.15) is 0 Å². The number of aryl methyl sites for hydroxylation is 2. The molecule has 0 amide bonds. The highest BCUT2D eigenvalue weighted by Crippen LogP contribution is 2.37. The van der Waals surface area contributed by atoms with E-state index < -0.39 is 0 Å². The molecule has 2 aromatic heterocycles. The summed E-state index contributed by atoms with van der Waals surface area (Å²) < 4.78 is 22.6. The third-order valence-electron chi connectivity index (χ3n) is 7.81. The molecule has 0 aliphatic heterocycles. The highest BCUT2D eigenvalue weighted by Gasteiger charge is 2.18. The lowest BCUT2D eigenvalue weighted by Crippen LogP contribution is -2.00. The number of hydrogen-bond donors (Lipinski definition) is 0. The van der Waals surface area contributed by atoms with Crippen molar-refractivity contribution in [3.05, 3.63) is 107 Å². The minimum absolute atomic E-state index is 0.363. The number of hydrogen-bond acceptors (Lipinski definition) is 6. The van der Waals surface area contributed by atoms with Crippen molar-refractivity contribution < 1.29 is 27.9 Å². The van der Waals surface area contributed by atoms with Crippen LogP contribution in [-0.2, 0) is 22.3 Å². The number of benzene rings is 3. The Kier molecular flexibility index (Phi) is 9.80. The van der Waals surface area contributed by atoms with Crippen molar-refractivity contribution in [3.8, 4) is 45.3 Å². The van der Waals surface area contributed by atoms with Crippen molar-refractivity contribution in [2.24, 2.45) is 0 Å². The van der Waals surface area contributed by atoms with Crippen LogP contribution in [0.5, 0.6) is 0 Å². The lowest BCUT2D eigenvalue weighted by atomic mass is 10.00. The Bertz CT molecular complexity index is 1570. The molecule has 6 heteroatoms. The Morgan fingerprint density at radius 2 is 0.886 bits per heavy atom. The van der Waals surface area contributed by atoms with Gasteiger partial charge in [0.15, 0.2) is 0 Å². The Labute approximate surface area is 258 Å². The summed E-state index contributed by atoms with van der Waals surface area (Å²) in [5.41, 5.74) is 7.13. The molecule has 0 unspecified atom stereocenters. The fourth-order valence-electron chi connectivity index (χ4n) is 5.29. The molecule has 226 valence electrons. The number of unbranched alkanes of at least 4 members (excludes halogenated alkanes) is 2. The SMILES string of the molecule is CCCCc1cc(-c2ccc(C(=O)OC)cc2)oc1-c1ccc(-c2oc(-c3ccc(C(=O)OC)cc3)cc2CCCC)cc1. The number of methoxy groups -OCH3 is 2. The fraction of sp³-hybridized carbons (Fsp3) is 0.263. The number of furan rings is 2. The average molecular weight is 591 g/mol. The van der Waals surface area contributed by atoms with Crippen molar-refractivity contribution in [1.29, 1.82) is 0 Å². The van der Waals surface area contributed by atoms with E-state index in [4.69, 9.17) is 18.3 Å². The monoisotopic (exact) mass is 590 g/mol. The second-order valence-corrected chi connectivity index (χ2v) is 10.9. The standard InChI is InChI=1S/C38H38O6/c1-5-7-9-31-23-33(25-11-19-29(20-12-25)37(39)41-3)43-35(31)27-15-17-28(18-16-27)36-32(10-8-6-2)24-34(44-36)26-13-21-30(22-14-26)38(40)42-4/h11-24H,5-10H2,1-4H3. The molecule has 0 spiro atoms.